The zero-order valence-electron chi connectivity index (χ0n) is 10.7. The van der Waals surface area contributed by atoms with E-state index in [2.05, 4.69) is 44.1 Å². The van der Waals surface area contributed by atoms with Crippen molar-refractivity contribution in [2.24, 2.45) is 0 Å². The SMILES string of the molecule is c1cnc2c(NCCCn3ccnc3)cccc2c1. The number of imidazole rings is 1. The van der Waals surface area contributed by atoms with Gasteiger partial charge in [-0.2, -0.15) is 0 Å². The number of benzene rings is 1. The van der Waals surface area contributed by atoms with Crippen molar-refractivity contribution in [2.75, 3.05) is 11.9 Å². The summed E-state index contributed by atoms with van der Waals surface area (Å²) in [6, 6.07) is 10.3. The maximum Gasteiger partial charge on any atom is 0.0945 e. The molecule has 0 aliphatic rings. The number of aryl methyl sites for hydroxylation is 1. The van der Waals surface area contributed by atoms with Gasteiger partial charge in [-0.1, -0.05) is 18.2 Å². The summed E-state index contributed by atoms with van der Waals surface area (Å²) in [4.78, 5) is 8.46. The van der Waals surface area contributed by atoms with Gasteiger partial charge < -0.3 is 9.88 Å². The van der Waals surface area contributed by atoms with Crippen molar-refractivity contribution in [1.82, 2.24) is 14.5 Å². The number of aromatic nitrogens is 3. The Hall–Kier alpha value is -2.36. The second-order valence-electron chi connectivity index (χ2n) is 4.46. The largest absolute Gasteiger partial charge is 0.383 e. The van der Waals surface area contributed by atoms with Crippen LogP contribution in [0.15, 0.2) is 55.2 Å². The summed E-state index contributed by atoms with van der Waals surface area (Å²) >= 11 is 0. The van der Waals surface area contributed by atoms with E-state index in [1.807, 2.05) is 31.0 Å². The molecule has 0 saturated carbocycles. The van der Waals surface area contributed by atoms with Crippen LogP contribution >= 0.6 is 0 Å². The van der Waals surface area contributed by atoms with Crippen LogP contribution in [0, 0.1) is 0 Å². The predicted molar refractivity (Wildman–Crippen MR) is 77.1 cm³/mol. The molecule has 19 heavy (non-hydrogen) atoms. The van der Waals surface area contributed by atoms with Crippen molar-refractivity contribution in [3.63, 3.8) is 0 Å². The average Bonchev–Trinajstić information content (AvgIpc) is 2.97. The summed E-state index contributed by atoms with van der Waals surface area (Å²) in [6.45, 7) is 1.90. The molecule has 96 valence electrons. The van der Waals surface area contributed by atoms with Gasteiger partial charge in [0.15, 0.2) is 0 Å². The van der Waals surface area contributed by atoms with Crippen molar-refractivity contribution in [3.05, 3.63) is 55.2 Å². The van der Waals surface area contributed by atoms with E-state index < -0.39 is 0 Å². The van der Waals surface area contributed by atoms with Gasteiger partial charge in [0, 0.05) is 37.1 Å². The number of anilines is 1. The molecule has 0 unspecified atom stereocenters. The average molecular weight is 252 g/mol. The third kappa shape index (κ3) is 2.73. The lowest BCUT2D eigenvalue weighted by Gasteiger charge is -2.09. The molecular formula is C15H16N4. The number of fused-ring (bicyclic) bond motifs is 1. The molecule has 0 radical (unpaired) electrons. The number of nitrogens with zero attached hydrogens (tertiary/aromatic N) is 3. The highest BCUT2D eigenvalue weighted by atomic mass is 15.0. The van der Waals surface area contributed by atoms with Crippen LogP contribution in [0.5, 0.6) is 0 Å². The van der Waals surface area contributed by atoms with Gasteiger partial charge in [0.1, 0.15) is 0 Å². The smallest absolute Gasteiger partial charge is 0.0945 e. The van der Waals surface area contributed by atoms with Crippen LogP contribution in [0.25, 0.3) is 10.9 Å². The Morgan fingerprint density at radius 3 is 2.95 bits per heavy atom. The van der Waals surface area contributed by atoms with E-state index in [9.17, 15) is 0 Å². The van der Waals surface area contributed by atoms with Gasteiger partial charge in [0.2, 0.25) is 0 Å². The molecule has 3 rings (SSSR count). The molecule has 0 fully saturated rings. The van der Waals surface area contributed by atoms with Crippen molar-refractivity contribution >= 4 is 16.6 Å². The predicted octanol–water partition coefficient (Wildman–Crippen LogP) is 2.93. The molecular weight excluding hydrogens is 236 g/mol. The summed E-state index contributed by atoms with van der Waals surface area (Å²) in [5, 5.41) is 4.62. The molecule has 0 atom stereocenters. The van der Waals surface area contributed by atoms with Gasteiger partial charge in [0.05, 0.1) is 17.5 Å². The summed E-state index contributed by atoms with van der Waals surface area (Å²) < 4.78 is 2.09. The molecule has 0 spiro atoms. The number of para-hydroxylation sites is 1. The Balaban J connectivity index is 1.62. The normalized spacial score (nSPS) is 10.7. The number of pyridine rings is 1. The highest BCUT2D eigenvalue weighted by molar-refractivity contribution is 5.90. The van der Waals surface area contributed by atoms with Crippen LogP contribution < -0.4 is 5.32 Å². The van der Waals surface area contributed by atoms with Crippen LogP contribution in [0.2, 0.25) is 0 Å². The van der Waals surface area contributed by atoms with Crippen LogP contribution in [0.3, 0.4) is 0 Å². The summed E-state index contributed by atoms with van der Waals surface area (Å²) in [6.07, 6.45) is 8.53. The molecule has 1 aromatic carbocycles. The van der Waals surface area contributed by atoms with Crippen LogP contribution in [-0.2, 0) is 6.54 Å². The monoisotopic (exact) mass is 252 g/mol. The lowest BCUT2D eigenvalue weighted by atomic mass is 10.2. The zero-order chi connectivity index (χ0) is 12.9. The number of rotatable bonds is 5. The molecule has 0 aliphatic heterocycles. The third-order valence-electron chi connectivity index (χ3n) is 3.10. The number of nitrogens with one attached hydrogen (secondary N) is 1. The van der Waals surface area contributed by atoms with Crippen molar-refractivity contribution < 1.29 is 0 Å². The van der Waals surface area contributed by atoms with Gasteiger partial charge in [-0.3, -0.25) is 4.98 Å². The summed E-state index contributed by atoms with van der Waals surface area (Å²) in [5.41, 5.74) is 2.14. The van der Waals surface area contributed by atoms with Crippen molar-refractivity contribution in [2.45, 2.75) is 13.0 Å². The first-order valence-corrected chi connectivity index (χ1v) is 6.47. The van der Waals surface area contributed by atoms with Gasteiger partial charge in [-0.15, -0.1) is 0 Å². The quantitative estimate of drug-likeness (QED) is 0.710. The van der Waals surface area contributed by atoms with E-state index in [1.54, 1.807) is 0 Å². The molecule has 2 heterocycles. The molecule has 0 bridgehead atoms. The van der Waals surface area contributed by atoms with E-state index in [1.165, 1.54) is 5.39 Å². The molecule has 3 aromatic rings. The minimum atomic E-state index is 0.924. The first kappa shape index (κ1) is 11.7. The highest BCUT2D eigenvalue weighted by Crippen LogP contribution is 2.20. The topological polar surface area (TPSA) is 42.7 Å². The fourth-order valence-corrected chi connectivity index (χ4v) is 2.15. The first-order valence-electron chi connectivity index (χ1n) is 6.47. The minimum absolute atomic E-state index is 0.924. The molecule has 0 amide bonds. The van der Waals surface area contributed by atoms with Crippen molar-refractivity contribution in [3.8, 4) is 0 Å². The van der Waals surface area contributed by atoms with E-state index >= 15 is 0 Å². The Bertz CT molecular complexity index is 641. The Kier molecular flexibility index (Phi) is 3.40. The Morgan fingerprint density at radius 1 is 1.11 bits per heavy atom. The molecule has 2 aromatic heterocycles. The fourth-order valence-electron chi connectivity index (χ4n) is 2.15. The zero-order valence-corrected chi connectivity index (χ0v) is 10.7. The van der Waals surface area contributed by atoms with Gasteiger partial charge in [-0.05, 0) is 18.6 Å². The lowest BCUT2D eigenvalue weighted by molar-refractivity contribution is 0.661. The van der Waals surface area contributed by atoms with E-state index in [4.69, 9.17) is 0 Å². The van der Waals surface area contributed by atoms with E-state index in [0.29, 0.717) is 0 Å². The number of hydrogen-bond donors (Lipinski definition) is 1. The minimum Gasteiger partial charge on any atom is -0.383 e. The molecule has 1 N–H and O–H groups in total. The van der Waals surface area contributed by atoms with Crippen molar-refractivity contribution in [1.29, 1.82) is 0 Å². The molecule has 4 nitrogen and oxygen atoms in total. The maximum absolute atomic E-state index is 4.43. The van der Waals surface area contributed by atoms with E-state index in [-0.39, 0.29) is 0 Å². The standard InChI is InChI=1S/C15H16N4/c1-4-13-5-2-7-18-15(13)14(6-1)17-8-3-10-19-11-9-16-12-19/h1-2,4-7,9,11-12,17H,3,8,10H2. The van der Waals surface area contributed by atoms with Gasteiger partial charge in [-0.25, -0.2) is 4.98 Å². The Morgan fingerprint density at radius 2 is 2.05 bits per heavy atom. The fraction of sp³-hybridized carbons (Fsp3) is 0.200. The van der Waals surface area contributed by atoms with Crippen LogP contribution in [-0.4, -0.2) is 21.1 Å². The summed E-state index contributed by atoms with van der Waals surface area (Å²) in [7, 11) is 0. The Labute approximate surface area is 112 Å². The first-order chi connectivity index (χ1) is 9.43. The lowest BCUT2D eigenvalue weighted by Crippen LogP contribution is -2.06. The van der Waals surface area contributed by atoms with Gasteiger partial charge in [0.25, 0.3) is 0 Å². The molecule has 0 saturated heterocycles. The molecule has 0 aliphatic carbocycles. The number of hydrogen-bond acceptors (Lipinski definition) is 3. The maximum atomic E-state index is 4.43. The van der Waals surface area contributed by atoms with E-state index in [0.717, 1.165) is 30.7 Å². The van der Waals surface area contributed by atoms with Gasteiger partial charge >= 0.3 is 0 Å². The summed E-state index contributed by atoms with van der Waals surface area (Å²) in [5.74, 6) is 0. The second kappa shape index (κ2) is 5.52. The highest BCUT2D eigenvalue weighted by Gasteiger charge is 2.00. The van der Waals surface area contributed by atoms with Crippen LogP contribution in [0.1, 0.15) is 6.42 Å². The van der Waals surface area contributed by atoms with Crippen LogP contribution in [0.4, 0.5) is 5.69 Å². The third-order valence-corrected chi connectivity index (χ3v) is 3.10. The second-order valence-corrected chi connectivity index (χ2v) is 4.46. The molecule has 4 heteroatoms.